The fourth-order valence-corrected chi connectivity index (χ4v) is 1.34. The smallest absolute Gasteiger partial charge is 0.233 e. The first kappa shape index (κ1) is 11.5. The van der Waals surface area contributed by atoms with E-state index in [4.69, 9.17) is 5.11 Å². The molecule has 0 atom stereocenters. The van der Waals surface area contributed by atoms with Crippen molar-refractivity contribution >= 4 is 17.3 Å². The Balaban J connectivity index is 0.00000112. The molecule has 1 radical (unpaired) electrons. The molecule has 2 rings (SSSR count). The number of carbonyl (C=O) groups excluding carboxylic acids is 2. The molecule has 0 spiro atoms. The van der Waals surface area contributed by atoms with Crippen molar-refractivity contribution in [3.8, 4) is 5.75 Å². The van der Waals surface area contributed by atoms with Gasteiger partial charge in [-0.05, 0) is 18.2 Å². The van der Waals surface area contributed by atoms with Gasteiger partial charge in [0.15, 0.2) is 0 Å². The molecule has 0 amide bonds. The van der Waals surface area contributed by atoms with Gasteiger partial charge in [-0.2, -0.15) is 0 Å². The van der Waals surface area contributed by atoms with Gasteiger partial charge in [0.1, 0.15) is 11.5 Å². The minimum absolute atomic E-state index is 0. The molecule has 1 aromatic carbocycles. The Bertz CT molecular complexity index is 476. The number of rotatable bonds is 0. The van der Waals surface area contributed by atoms with Crippen LogP contribution < -0.4 is 0 Å². The van der Waals surface area contributed by atoms with Gasteiger partial charge < -0.3 is 10.2 Å². The Hall–Kier alpha value is -1.58. The molecule has 0 heterocycles. The SMILES string of the molecule is O=C1C=C(O)c2ccc(O)cc2C1=O.[Cu]. The molecule has 4 nitrogen and oxygen atoms in total. The third-order valence-corrected chi connectivity index (χ3v) is 2.02. The van der Waals surface area contributed by atoms with E-state index in [0.717, 1.165) is 6.08 Å². The molecule has 0 bridgehead atoms. The number of allylic oxidation sites excluding steroid dienone is 1. The number of aromatic hydroxyl groups is 1. The van der Waals surface area contributed by atoms with Crippen molar-refractivity contribution in [1.29, 1.82) is 0 Å². The van der Waals surface area contributed by atoms with Gasteiger partial charge in [0, 0.05) is 34.3 Å². The van der Waals surface area contributed by atoms with Gasteiger partial charge in [-0.1, -0.05) is 0 Å². The monoisotopic (exact) mass is 253 g/mol. The summed E-state index contributed by atoms with van der Waals surface area (Å²) < 4.78 is 0. The van der Waals surface area contributed by atoms with E-state index < -0.39 is 11.6 Å². The van der Waals surface area contributed by atoms with Crippen LogP contribution >= 0.6 is 0 Å². The number of fused-ring (bicyclic) bond motifs is 1. The maximum absolute atomic E-state index is 11.3. The van der Waals surface area contributed by atoms with Crippen molar-refractivity contribution in [1.82, 2.24) is 0 Å². The molecule has 0 saturated carbocycles. The Labute approximate surface area is 95.7 Å². The van der Waals surface area contributed by atoms with Gasteiger partial charge >= 0.3 is 0 Å². The maximum atomic E-state index is 11.3. The van der Waals surface area contributed by atoms with Crippen molar-refractivity contribution in [2.24, 2.45) is 0 Å². The third kappa shape index (κ3) is 1.79. The summed E-state index contributed by atoms with van der Waals surface area (Å²) in [7, 11) is 0. The predicted molar refractivity (Wildman–Crippen MR) is 48.1 cm³/mol. The molecule has 0 aliphatic heterocycles. The van der Waals surface area contributed by atoms with Gasteiger partial charge in [0.05, 0.1) is 0 Å². The zero-order valence-corrected chi connectivity index (χ0v) is 8.26. The van der Waals surface area contributed by atoms with Crippen molar-refractivity contribution in [3.05, 3.63) is 35.4 Å². The standard InChI is InChI=1S/C10H6O4.Cu/c11-5-1-2-6-7(3-5)10(14)9(13)4-8(6)12;/h1-4,11-12H;. The van der Waals surface area contributed by atoms with Gasteiger partial charge in [-0.15, -0.1) is 0 Å². The van der Waals surface area contributed by atoms with E-state index in [1.807, 2.05) is 0 Å². The molecule has 0 aromatic heterocycles. The number of phenols is 1. The number of hydrogen-bond donors (Lipinski definition) is 2. The quantitative estimate of drug-likeness (QED) is 0.535. The Kier molecular flexibility index (Phi) is 2.98. The molecule has 0 fully saturated rings. The number of hydrogen-bond acceptors (Lipinski definition) is 4. The molecule has 1 aliphatic rings. The van der Waals surface area contributed by atoms with Crippen molar-refractivity contribution in [3.63, 3.8) is 0 Å². The van der Waals surface area contributed by atoms with Crippen LogP contribution in [0, 0.1) is 0 Å². The second-order valence-electron chi connectivity index (χ2n) is 2.95. The van der Waals surface area contributed by atoms with E-state index in [2.05, 4.69) is 0 Å². The van der Waals surface area contributed by atoms with Gasteiger partial charge in [-0.3, -0.25) is 9.59 Å². The topological polar surface area (TPSA) is 74.6 Å². The van der Waals surface area contributed by atoms with Crippen molar-refractivity contribution in [2.75, 3.05) is 0 Å². The van der Waals surface area contributed by atoms with E-state index in [0.29, 0.717) is 0 Å². The van der Waals surface area contributed by atoms with Gasteiger partial charge in [0.25, 0.3) is 0 Å². The Morgan fingerprint density at radius 2 is 1.67 bits per heavy atom. The molecular formula is C10H6CuO4. The summed E-state index contributed by atoms with van der Waals surface area (Å²) in [4.78, 5) is 22.3. The number of phenolic OH excluding ortho intramolecular Hbond substituents is 1. The van der Waals surface area contributed by atoms with Crippen LogP contribution in [0.5, 0.6) is 5.75 Å². The Morgan fingerprint density at radius 3 is 2.33 bits per heavy atom. The minimum Gasteiger partial charge on any atom is -0.508 e. The van der Waals surface area contributed by atoms with Gasteiger partial charge in [-0.25, -0.2) is 0 Å². The van der Waals surface area contributed by atoms with Crippen LogP contribution in [0.2, 0.25) is 0 Å². The first-order valence-electron chi connectivity index (χ1n) is 3.92. The second kappa shape index (κ2) is 3.88. The molecule has 2 N–H and O–H groups in total. The number of Topliss-reactive ketones (excluding diaryl/α,β-unsaturated/α-hetero) is 1. The average molecular weight is 254 g/mol. The zero-order chi connectivity index (χ0) is 10.3. The van der Waals surface area contributed by atoms with E-state index in [1.54, 1.807) is 0 Å². The summed E-state index contributed by atoms with van der Waals surface area (Å²) >= 11 is 0. The number of benzene rings is 1. The summed E-state index contributed by atoms with van der Waals surface area (Å²) in [6.45, 7) is 0. The summed E-state index contributed by atoms with van der Waals surface area (Å²) in [5.74, 6) is -1.85. The van der Waals surface area contributed by atoms with Crippen LogP contribution in [0.15, 0.2) is 24.3 Å². The van der Waals surface area contributed by atoms with E-state index in [-0.39, 0.29) is 39.7 Å². The molecule has 81 valence electrons. The van der Waals surface area contributed by atoms with Crippen LogP contribution in [0.25, 0.3) is 5.76 Å². The van der Waals surface area contributed by atoms with Crippen LogP contribution in [-0.4, -0.2) is 21.8 Å². The predicted octanol–water partition coefficient (Wildman–Crippen LogP) is 1.05. The molecule has 5 heteroatoms. The largest absolute Gasteiger partial charge is 0.508 e. The Morgan fingerprint density at radius 1 is 1.00 bits per heavy atom. The van der Waals surface area contributed by atoms with E-state index in [1.165, 1.54) is 18.2 Å². The van der Waals surface area contributed by atoms with Crippen LogP contribution in [0.3, 0.4) is 0 Å². The van der Waals surface area contributed by atoms with Crippen molar-refractivity contribution in [2.45, 2.75) is 0 Å². The zero-order valence-electron chi connectivity index (χ0n) is 7.32. The first-order chi connectivity index (χ1) is 6.59. The van der Waals surface area contributed by atoms with Gasteiger partial charge in [0.2, 0.25) is 11.6 Å². The number of aliphatic hydroxyl groups is 1. The molecule has 1 aromatic rings. The van der Waals surface area contributed by atoms with E-state index >= 15 is 0 Å². The first-order valence-corrected chi connectivity index (χ1v) is 3.92. The van der Waals surface area contributed by atoms with Crippen LogP contribution in [-0.2, 0) is 21.9 Å². The third-order valence-electron chi connectivity index (χ3n) is 2.02. The van der Waals surface area contributed by atoms with E-state index in [9.17, 15) is 14.7 Å². The molecular weight excluding hydrogens is 248 g/mol. The van der Waals surface area contributed by atoms with Crippen molar-refractivity contribution < 1.29 is 36.9 Å². The molecule has 15 heavy (non-hydrogen) atoms. The summed E-state index contributed by atoms with van der Waals surface area (Å²) in [5.41, 5.74) is 0.308. The summed E-state index contributed by atoms with van der Waals surface area (Å²) in [6, 6.07) is 3.89. The number of carbonyl (C=O) groups is 2. The molecule has 0 unspecified atom stereocenters. The molecule has 1 aliphatic carbocycles. The average Bonchev–Trinajstić information content (AvgIpc) is 2.14. The second-order valence-corrected chi connectivity index (χ2v) is 2.95. The maximum Gasteiger partial charge on any atom is 0.233 e. The number of aliphatic hydroxyl groups excluding tert-OH is 1. The number of ketones is 2. The summed E-state index contributed by atoms with van der Waals surface area (Å²) in [6.07, 6.45) is 0.877. The molecule has 0 saturated heterocycles. The fourth-order valence-electron chi connectivity index (χ4n) is 1.34. The van der Waals surface area contributed by atoms with Crippen LogP contribution in [0.1, 0.15) is 15.9 Å². The minimum atomic E-state index is -0.777. The summed E-state index contributed by atoms with van der Waals surface area (Å²) in [5, 5.41) is 18.5. The fraction of sp³-hybridized carbons (Fsp3) is 0. The normalized spacial score (nSPS) is 14.0. The van der Waals surface area contributed by atoms with Crippen LogP contribution in [0.4, 0.5) is 0 Å².